The van der Waals surface area contributed by atoms with Crippen LogP contribution in [-0.4, -0.2) is 43.1 Å². The molecule has 4 rings (SSSR count). The third-order valence-corrected chi connectivity index (χ3v) is 6.51. The van der Waals surface area contributed by atoms with Gasteiger partial charge in [0.15, 0.2) is 10.1 Å². The summed E-state index contributed by atoms with van der Waals surface area (Å²) in [6.07, 6.45) is 0. The van der Waals surface area contributed by atoms with Crippen LogP contribution in [-0.2, 0) is 0 Å². The van der Waals surface area contributed by atoms with Gasteiger partial charge < -0.3 is 16.0 Å². The van der Waals surface area contributed by atoms with Gasteiger partial charge in [0.05, 0.1) is 16.0 Å². The van der Waals surface area contributed by atoms with E-state index < -0.39 is 4.92 Å². The molecule has 0 unspecified atom stereocenters. The average molecular weight is 503 g/mol. The van der Waals surface area contributed by atoms with Crippen molar-refractivity contribution in [2.75, 3.05) is 23.7 Å². The number of non-ortho nitro benzene ring substituents is 1. The first kappa shape index (κ1) is 22.7. The van der Waals surface area contributed by atoms with Gasteiger partial charge in [0.1, 0.15) is 10.7 Å². The van der Waals surface area contributed by atoms with Crippen molar-refractivity contribution in [2.24, 2.45) is 0 Å². The molecule has 0 aliphatic rings. The van der Waals surface area contributed by atoms with E-state index in [1.165, 1.54) is 51.6 Å². The van der Waals surface area contributed by atoms with Gasteiger partial charge in [0.2, 0.25) is 5.13 Å². The third kappa shape index (κ3) is 4.53. The van der Waals surface area contributed by atoms with Gasteiger partial charge >= 0.3 is 0 Å². The molecule has 170 valence electrons. The van der Waals surface area contributed by atoms with Gasteiger partial charge in [-0.15, -0.1) is 21.5 Å². The molecule has 0 saturated carbocycles. The van der Waals surface area contributed by atoms with E-state index >= 15 is 0 Å². The summed E-state index contributed by atoms with van der Waals surface area (Å²) < 4.78 is 1.21. The Kier molecular flexibility index (Phi) is 6.57. The van der Waals surface area contributed by atoms with Gasteiger partial charge in [-0.05, 0) is 38.2 Å². The molecule has 3 N–H and O–H groups in total. The second kappa shape index (κ2) is 9.56. The van der Waals surface area contributed by atoms with E-state index in [1.807, 2.05) is 19.2 Å². The first-order valence-electron chi connectivity index (χ1n) is 9.84. The molecule has 0 atom stereocenters. The van der Waals surface area contributed by atoms with Gasteiger partial charge in [0, 0.05) is 36.0 Å². The maximum absolute atomic E-state index is 13.5. The van der Waals surface area contributed by atoms with Gasteiger partial charge in [0.25, 0.3) is 11.2 Å². The maximum Gasteiger partial charge on any atom is 0.282 e. The van der Waals surface area contributed by atoms with Gasteiger partial charge in [-0.25, -0.2) is 0 Å². The molecule has 33 heavy (non-hydrogen) atoms. The second-order valence-electron chi connectivity index (χ2n) is 6.62. The van der Waals surface area contributed by atoms with Crippen LogP contribution in [0.3, 0.4) is 0 Å². The van der Waals surface area contributed by atoms with Crippen molar-refractivity contribution in [3.05, 3.63) is 50.1 Å². The lowest BCUT2D eigenvalue weighted by atomic mass is 10.2. The van der Waals surface area contributed by atoms with Gasteiger partial charge in [-0.3, -0.25) is 14.9 Å². The van der Waals surface area contributed by atoms with Crippen LogP contribution in [0.4, 0.5) is 15.8 Å². The van der Waals surface area contributed by atoms with Crippen molar-refractivity contribution in [1.82, 2.24) is 25.3 Å². The number of thiocarbonyl (C=S) groups is 1. The number of anilines is 2. The first-order chi connectivity index (χ1) is 15.9. The quantitative estimate of drug-likeness (QED) is 0.195. The molecule has 0 bridgehead atoms. The van der Waals surface area contributed by atoms with Crippen molar-refractivity contribution < 1.29 is 4.92 Å². The van der Waals surface area contributed by atoms with E-state index in [2.05, 4.69) is 31.2 Å². The van der Waals surface area contributed by atoms with Crippen molar-refractivity contribution in [1.29, 1.82) is 0 Å². The highest BCUT2D eigenvalue weighted by molar-refractivity contribution is 7.80. The lowest BCUT2D eigenvalue weighted by Crippen LogP contribution is -2.28. The summed E-state index contributed by atoms with van der Waals surface area (Å²) in [7, 11) is 0. The van der Waals surface area contributed by atoms with Crippen LogP contribution in [0.2, 0.25) is 0 Å². The number of rotatable bonds is 7. The fourth-order valence-corrected chi connectivity index (χ4v) is 5.10. The normalized spacial score (nSPS) is 10.8. The van der Waals surface area contributed by atoms with E-state index in [-0.39, 0.29) is 11.2 Å². The monoisotopic (exact) mass is 502 g/mol. The maximum atomic E-state index is 13.5. The summed E-state index contributed by atoms with van der Waals surface area (Å²) in [5.41, 5.74) is 0.392. The lowest BCUT2D eigenvalue weighted by molar-refractivity contribution is -0.384. The van der Waals surface area contributed by atoms with Crippen LogP contribution in [0.15, 0.2) is 34.4 Å². The zero-order valence-electron chi connectivity index (χ0n) is 17.5. The largest absolute Gasteiger partial charge is 0.363 e. The van der Waals surface area contributed by atoms with Crippen LogP contribution in [0, 0.1) is 10.1 Å². The highest BCUT2D eigenvalue weighted by Gasteiger charge is 2.21. The fraction of sp³-hybridized carbons (Fsp3) is 0.211. The third-order valence-electron chi connectivity index (χ3n) is 4.48. The molecule has 4 aromatic rings. The number of thiophene rings is 1. The molecule has 3 heterocycles. The van der Waals surface area contributed by atoms with Crippen molar-refractivity contribution in [3.63, 3.8) is 0 Å². The summed E-state index contributed by atoms with van der Waals surface area (Å²) in [5, 5.41) is 38.1. The molecule has 11 nitrogen and oxygen atoms in total. The van der Waals surface area contributed by atoms with E-state index in [0.29, 0.717) is 55.5 Å². The summed E-state index contributed by atoms with van der Waals surface area (Å²) in [6, 6.07) is 5.62. The van der Waals surface area contributed by atoms with Crippen LogP contribution in [0.5, 0.6) is 0 Å². The Morgan fingerprint density at radius 1 is 1.21 bits per heavy atom. The molecule has 1 aromatic carbocycles. The number of nitro benzene ring substituents is 1. The Hall–Kier alpha value is -3.49. The van der Waals surface area contributed by atoms with Gasteiger partial charge in [-0.2, -0.15) is 9.78 Å². The SMILES string of the molecule is CCNC(=S)Nc1scc2c(-c3nnc(NCC)s3)nn(-c3ccc([N+](=O)[O-])cc3)c(=O)c12. The van der Waals surface area contributed by atoms with Crippen LogP contribution in [0.1, 0.15) is 13.8 Å². The Morgan fingerprint density at radius 2 is 1.97 bits per heavy atom. The molecule has 14 heteroatoms. The zero-order valence-corrected chi connectivity index (χ0v) is 19.9. The molecule has 0 fully saturated rings. The van der Waals surface area contributed by atoms with Gasteiger partial charge in [-0.1, -0.05) is 11.3 Å². The first-order valence-corrected chi connectivity index (χ1v) is 11.9. The number of nitrogens with one attached hydrogen (secondary N) is 3. The number of hydrogen-bond donors (Lipinski definition) is 3. The van der Waals surface area contributed by atoms with E-state index in [4.69, 9.17) is 12.2 Å². The topological polar surface area (TPSA) is 140 Å². The van der Waals surface area contributed by atoms with E-state index in [1.54, 1.807) is 0 Å². The molecule has 0 amide bonds. The fourth-order valence-electron chi connectivity index (χ4n) is 3.04. The average Bonchev–Trinajstić information content (AvgIpc) is 3.42. The van der Waals surface area contributed by atoms with Crippen LogP contribution >= 0.6 is 34.9 Å². The van der Waals surface area contributed by atoms with Crippen molar-refractivity contribution in [2.45, 2.75) is 13.8 Å². The molecule has 0 aliphatic heterocycles. The predicted octanol–water partition coefficient (Wildman–Crippen LogP) is 3.61. The standard InChI is InChI=1S/C19H18N8O3S3/c1-3-20-18(31)22-15-13-12(9-32-15)14(16-23-24-19(33-16)21-4-2)25-26(17(13)28)10-5-7-11(8-6-10)27(29)30/h5-9H,3-4H2,1-2H3,(H,21,24)(H2,20,22,31). The Balaban J connectivity index is 1.92. The van der Waals surface area contributed by atoms with E-state index in [0.717, 1.165) is 0 Å². The number of nitrogens with zero attached hydrogens (tertiary/aromatic N) is 5. The minimum atomic E-state index is -0.499. The number of aromatic nitrogens is 4. The molecule has 0 saturated heterocycles. The molecule has 0 spiro atoms. The highest BCUT2D eigenvalue weighted by Crippen LogP contribution is 2.36. The Morgan fingerprint density at radius 3 is 2.64 bits per heavy atom. The summed E-state index contributed by atoms with van der Waals surface area (Å²) in [4.78, 5) is 24.0. The predicted molar refractivity (Wildman–Crippen MR) is 135 cm³/mol. The number of fused-ring (bicyclic) bond motifs is 1. The van der Waals surface area contributed by atoms with E-state index in [9.17, 15) is 14.9 Å². The lowest BCUT2D eigenvalue weighted by Gasteiger charge is -2.10. The molecule has 0 aliphatic carbocycles. The molecule has 3 aromatic heterocycles. The number of nitro groups is 1. The summed E-state index contributed by atoms with van der Waals surface area (Å²) in [6.45, 7) is 5.19. The minimum Gasteiger partial charge on any atom is -0.363 e. The number of hydrogen-bond acceptors (Lipinski definition) is 10. The smallest absolute Gasteiger partial charge is 0.282 e. The minimum absolute atomic E-state index is 0.0821. The second-order valence-corrected chi connectivity index (χ2v) is 8.89. The summed E-state index contributed by atoms with van der Waals surface area (Å²) >= 11 is 7.94. The Bertz CT molecular complexity index is 1390. The highest BCUT2D eigenvalue weighted by atomic mass is 32.1. The zero-order chi connectivity index (χ0) is 23.5. The van der Waals surface area contributed by atoms with Crippen molar-refractivity contribution in [3.8, 4) is 16.4 Å². The van der Waals surface area contributed by atoms with Crippen molar-refractivity contribution >= 4 is 66.6 Å². The Labute approximate surface area is 200 Å². The van der Waals surface area contributed by atoms with Crippen LogP contribution < -0.4 is 21.5 Å². The molecule has 0 radical (unpaired) electrons. The number of benzene rings is 1. The van der Waals surface area contributed by atoms with Crippen LogP contribution in [0.25, 0.3) is 27.2 Å². The molecular weight excluding hydrogens is 484 g/mol. The molecular formula is C19H18N8O3S3. The summed E-state index contributed by atoms with van der Waals surface area (Å²) in [5.74, 6) is 0.